The van der Waals surface area contributed by atoms with Gasteiger partial charge in [-0.2, -0.15) is 0 Å². The normalized spacial score (nSPS) is 25.8. The number of carboxylic acid groups (broad SMARTS) is 1. The summed E-state index contributed by atoms with van der Waals surface area (Å²) in [5.74, 6) is 1.49. The van der Waals surface area contributed by atoms with E-state index in [1.807, 2.05) is 0 Å². The van der Waals surface area contributed by atoms with E-state index in [9.17, 15) is 9.90 Å². The molecular weight excluding hydrogens is 394 g/mol. The molecule has 1 aliphatic heterocycles. The van der Waals surface area contributed by atoms with Gasteiger partial charge in [-0.05, 0) is 19.3 Å². The lowest BCUT2D eigenvalue weighted by atomic mass is 9.98. The number of terminal acetylenes is 1. The van der Waals surface area contributed by atoms with Gasteiger partial charge in [0.1, 0.15) is 36.7 Å². The van der Waals surface area contributed by atoms with Crippen LogP contribution in [0.3, 0.4) is 0 Å². The highest BCUT2D eigenvalue weighted by molar-refractivity contribution is 5.81. The van der Waals surface area contributed by atoms with Crippen molar-refractivity contribution in [2.75, 3.05) is 12.3 Å². The van der Waals surface area contributed by atoms with Crippen molar-refractivity contribution in [3.05, 3.63) is 12.7 Å². The Morgan fingerprint density at radius 3 is 2.83 bits per heavy atom. The molecule has 1 aliphatic rings. The third-order valence-corrected chi connectivity index (χ3v) is 5.03. The lowest BCUT2D eigenvalue weighted by Crippen LogP contribution is -2.39. The minimum Gasteiger partial charge on any atom is -0.480 e. The zero-order valence-corrected chi connectivity index (χ0v) is 16.2. The van der Waals surface area contributed by atoms with Gasteiger partial charge < -0.3 is 36.9 Å². The SMILES string of the molecule is C#CCOC1C(CC(N)CCC(N)C(=O)O)OC(n2cnc3c(N)ncnc32)C1O. The number of aliphatic carboxylic acids is 1. The summed E-state index contributed by atoms with van der Waals surface area (Å²) in [6.07, 6.45) is 5.65. The second-order valence-electron chi connectivity index (χ2n) is 7.14. The summed E-state index contributed by atoms with van der Waals surface area (Å²) in [5, 5.41) is 19.8. The second-order valence-corrected chi connectivity index (χ2v) is 7.14. The summed E-state index contributed by atoms with van der Waals surface area (Å²) in [6, 6.07) is -1.41. The summed E-state index contributed by atoms with van der Waals surface area (Å²) in [4.78, 5) is 23.1. The fourth-order valence-electron chi connectivity index (χ4n) is 3.48. The number of nitrogen functional groups attached to an aromatic ring is 1. The van der Waals surface area contributed by atoms with Crippen LogP contribution in [0, 0.1) is 12.3 Å². The number of anilines is 1. The number of aliphatic hydroxyl groups is 1. The molecule has 0 spiro atoms. The topological polar surface area (TPSA) is 198 Å². The Morgan fingerprint density at radius 2 is 2.13 bits per heavy atom. The van der Waals surface area contributed by atoms with Gasteiger partial charge in [-0.3, -0.25) is 9.36 Å². The minimum atomic E-state index is -1.08. The number of rotatable bonds is 9. The Hall–Kier alpha value is -2.82. The Morgan fingerprint density at radius 1 is 1.37 bits per heavy atom. The summed E-state index contributed by atoms with van der Waals surface area (Å²) in [6.45, 7) is -0.0206. The summed E-state index contributed by atoms with van der Waals surface area (Å²) in [5.41, 5.74) is 18.3. The standard InChI is InChI=1S/C18H25N7O5/c1-2-5-29-14-11(6-9(19)3-4-10(20)18(27)28)30-17(13(14)26)25-8-24-12-15(21)22-7-23-16(12)25/h1,7-11,13-14,17,26H,3-6,19-20H2,(H,27,28)(H2,21,22,23). The Labute approximate surface area is 172 Å². The highest BCUT2D eigenvalue weighted by atomic mass is 16.6. The molecule has 0 amide bonds. The first-order chi connectivity index (χ1) is 14.3. The number of nitrogens with two attached hydrogens (primary N) is 3. The molecule has 0 bridgehead atoms. The Kier molecular flexibility index (Phi) is 6.80. The van der Waals surface area contributed by atoms with Gasteiger partial charge in [0, 0.05) is 6.04 Å². The third kappa shape index (κ3) is 4.50. The average Bonchev–Trinajstić information content (AvgIpc) is 3.26. The molecule has 3 heterocycles. The molecule has 1 fully saturated rings. The van der Waals surface area contributed by atoms with Crippen LogP contribution in [0.25, 0.3) is 11.2 Å². The number of imidazole rings is 1. The van der Waals surface area contributed by atoms with Crippen LogP contribution in [0.2, 0.25) is 0 Å². The first kappa shape index (κ1) is 21.9. The van der Waals surface area contributed by atoms with Crippen LogP contribution >= 0.6 is 0 Å². The van der Waals surface area contributed by atoms with E-state index in [-0.39, 0.29) is 18.8 Å². The van der Waals surface area contributed by atoms with E-state index in [0.717, 1.165) is 0 Å². The number of hydrogen-bond acceptors (Lipinski definition) is 10. The van der Waals surface area contributed by atoms with Crippen molar-refractivity contribution in [3.8, 4) is 12.3 Å². The number of ether oxygens (including phenoxy) is 2. The first-order valence-electron chi connectivity index (χ1n) is 9.39. The van der Waals surface area contributed by atoms with Crippen molar-refractivity contribution in [1.29, 1.82) is 0 Å². The van der Waals surface area contributed by atoms with Gasteiger partial charge in [0.15, 0.2) is 17.7 Å². The average molecular weight is 419 g/mol. The highest BCUT2D eigenvalue weighted by Crippen LogP contribution is 2.35. The van der Waals surface area contributed by atoms with Crippen LogP contribution in [-0.2, 0) is 14.3 Å². The van der Waals surface area contributed by atoms with E-state index in [1.54, 1.807) is 4.57 Å². The molecule has 0 aromatic carbocycles. The fourth-order valence-corrected chi connectivity index (χ4v) is 3.48. The van der Waals surface area contributed by atoms with Gasteiger partial charge >= 0.3 is 5.97 Å². The van der Waals surface area contributed by atoms with Crippen LogP contribution in [0.5, 0.6) is 0 Å². The Bertz CT molecular complexity index is 929. The number of nitrogens with zero attached hydrogens (tertiary/aromatic N) is 4. The van der Waals surface area contributed by atoms with E-state index >= 15 is 0 Å². The van der Waals surface area contributed by atoms with Gasteiger partial charge in [-0.25, -0.2) is 15.0 Å². The molecule has 2 aromatic rings. The molecule has 6 atom stereocenters. The van der Waals surface area contributed by atoms with Crippen LogP contribution in [0.4, 0.5) is 5.82 Å². The van der Waals surface area contributed by atoms with Crippen molar-refractivity contribution in [2.24, 2.45) is 11.5 Å². The van der Waals surface area contributed by atoms with Crippen molar-refractivity contribution >= 4 is 23.0 Å². The third-order valence-electron chi connectivity index (χ3n) is 5.03. The molecule has 0 radical (unpaired) electrons. The summed E-state index contributed by atoms with van der Waals surface area (Å²) in [7, 11) is 0. The predicted octanol–water partition coefficient (Wildman–Crippen LogP) is -1.41. The largest absolute Gasteiger partial charge is 0.480 e. The lowest BCUT2D eigenvalue weighted by Gasteiger charge is -2.22. The van der Waals surface area contributed by atoms with Crippen molar-refractivity contribution in [1.82, 2.24) is 19.5 Å². The quantitative estimate of drug-likeness (QED) is 0.299. The maximum atomic E-state index is 10.9. The molecule has 0 aliphatic carbocycles. The number of carboxylic acids is 1. The maximum absolute atomic E-state index is 10.9. The molecule has 12 nitrogen and oxygen atoms in total. The molecule has 30 heavy (non-hydrogen) atoms. The molecule has 3 rings (SSSR count). The molecule has 8 N–H and O–H groups in total. The number of carbonyl (C=O) groups is 1. The molecule has 12 heteroatoms. The van der Waals surface area contributed by atoms with Crippen molar-refractivity contribution in [3.63, 3.8) is 0 Å². The highest BCUT2D eigenvalue weighted by Gasteiger charge is 2.46. The minimum absolute atomic E-state index is 0.0206. The number of aliphatic hydroxyl groups excluding tert-OH is 1. The Balaban J connectivity index is 1.76. The van der Waals surface area contributed by atoms with Crippen LogP contribution in [-0.4, -0.2) is 72.7 Å². The maximum Gasteiger partial charge on any atom is 0.320 e. The number of hydrogen-bond donors (Lipinski definition) is 5. The van der Waals surface area contributed by atoms with E-state index in [2.05, 4.69) is 20.9 Å². The number of aromatic nitrogens is 4. The monoisotopic (exact) mass is 419 g/mol. The second kappa shape index (κ2) is 9.33. The van der Waals surface area contributed by atoms with E-state index in [0.29, 0.717) is 24.0 Å². The van der Waals surface area contributed by atoms with Crippen LogP contribution in [0.1, 0.15) is 25.5 Å². The van der Waals surface area contributed by atoms with E-state index in [4.69, 9.17) is 38.2 Å². The smallest absolute Gasteiger partial charge is 0.320 e. The van der Waals surface area contributed by atoms with Gasteiger partial charge in [-0.15, -0.1) is 6.42 Å². The van der Waals surface area contributed by atoms with E-state index in [1.165, 1.54) is 12.7 Å². The zero-order chi connectivity index (χ0) is 21.8. The molecule has 1 saturated heterocycles. The van der Waals surface area contributed by atoms with Gasteiger partial charge in [0.05, 0.1) is 12.4 Å². The van der Waals surface area contributed by atoms with Gasteiger partial charge in [0.2, 0.25) is 0 Å². The predicted molar refractivity (Wildman–Crippen MR) is 106 cm³/mol. The summed E-state index contributed by atoms with van der Waals surface area (Å²) < 4.78 is 13.2. The van der Waals surface area contributed by atoms with Gasteiger partial charge in [-0.1, -0.05) is 5.92 Å². The zero-order valence-electron chi connectivity index (χ0n) is 16.2. The molecule has 0 saturated carbocycles. The molecule has 6 unspecified atom stereocenters. The van der Waals surface area contributed by atoms with Crippen molar-refractivity contribution in [2.45, 2.75) is 55.9 Å². The first-order valence-corrected chi connectivity index (χ1v) is 9.39. The lowest BCUT2D eigenvalue weighted by molar-refractivity contribution is -0.138. The number of fused-ring (bicyclic) bond motifs is 1. The fraction of sp³-hybridized carbons (Fsp3) is 0.556. The molecule has 162 valence electrons. The molecular formula is C18H25N7O5. The van der Waals surface area contributed by atoms with Gasteiger partial charge in [0.25, 0.3) is 0 Å². The van der Waals surface area contributed by atoms with Crippen LogP contribution < -0.4 is 17.2 Å². The van der Waals surface area contributed by atoms with Crippen molar-refractivity contribution < 1.29 is 24.5 Å². The molecule has 2 aromatic heterocycles. The summed E-state index contributed by atoms with van der Waals surface area (Å²) >= 11 is 0. The van der Waals surface area contributed by atoms with E-state index < -0.39 is 42.6 Å². The van der Waals surface area contributed by atoms with Crippen LogP contribution in [0.15, 0.2) is 12.7 Å².